The van der Waals surface area contributed by atoms with Gasteiger partial charge in [0, 0.05) is 37.4 Å². The minimum absolute atomic E-state index is 0. The number of nitrogens with one attached hydrogen (secondary N) is 1. The molecule has 1 aromatic carbocycles. The summed E-state index contributed by atoms with van der Waals surface area (Å²) in [5.41, 5.74) is 0. The molecule has 1 unspecified atom stereocenters. The number of ether oxygens (including phenoxy) is 1. The average Bonchev–Trinajstić information content (AvgIpc) is 2.99. The van der Waals surface area contributed by atoms with Crippen LogP contribution in [0.25, 0.3) is 0 Å². The number of amides is 1. The molecular weight excluding hydrogens is 320 g/mol. The molecule has 0 aromatic heterocycles. The van der Waals surface area contributed by atoms with Gasteiger partial charge in [0.1, 0.15) is 0 Å². The van der Waals surface area contributed by atoms with E-state index in [0.717, 1.165) is 31.8 Å². The van der Waals surface area contributed by atoms with Crippen molar-refractivity contribution >= 4 is 30.1 Å². The van der Waals surface area contributed by atoms with Gasteiger partial charge in [0.2, 0.25) is 5.91 Å². The number of carbonyl (C=O) groups is 1. The van der Waals surface area contributed by atoms with E-state index in [4.69, 9.17) is 4.74 Å². The number of benzene rings is 1. The molecule has 0 aliphatic carbocycles. The van der Waals surface area contributed by atoms with Crippen LogP contribution < -0.4 is 5.32 Å². The molecule has 1 saturated heterocycles. The van der Waals surface area contributed by atoms with Crippen molar-refractivity contribution in [3.8, 4) is 0 Å². The first-order valence-electron chi connectivity index (χ1n) is 7.45. The van der Waals surface area contributed by atoms with Crippen LogP contribution in [0.5, 0.6) is 0 Å². The normalized spacial score (nSPS) is 17.3. The van der Waals surface area contributed by atoms with Gasteiger partial charge in [-0.2, -0.15) is 0 Å². The molecule has 1 aliphatic heterocycles. The van der Waals surface area contributed by atoms with Crippen LogP contribution >= 0.6 is 24.2 Å². The summed E-state index contributed by atoms with van der Waals surface area (Å²) in [4.78, 5) is 15.3. The van der Waals surface area contributed by atoms with Crippen molar-refractivity contribution in [1.29, 1.82) is 0 Å². The van der Waals surface area contributed by atoms with Crippen LogP contribution in [0.15, 0.2) is 35.2 Å². The smallest absolute Gasteiger partial charge is 0.236 e. The van der Waals surface area contributed by atoms with Crippen molar-refractivity contribution < 1.29 is 9.53 Å². The average molecular weight is 345 g/mol. The number of rotatable bonds is 8. The molecule has 124 valence electrons. The van der Waals surface area contributed by atoms with E-state index in [9.17, 15) is 4.79 Å². The Morgan fingerprint density at radius 1 is 1.41 bits per heavy atom. The van der Waals surface area contributed by atoms with E-state index >= 15 is 0 Å². The number of carbonyl (C=O) groups excluding carboxylic acids is 1. The Labute approximate surface area is 143 Å². The number of halogens is 1. The van der Waals surface area contributed by atoms with Crippen LogP contribution in [-0.4, -0.2) is 56.5 Å². The van der Waals surface area contributed by atoms with Crippen LogP contribution in [0.1, 0.15) is 6.42 Å². The Bertz CT molecular complexity index is 433. The second kappa shape index (κ2) is 10.9. The summed E-state index contributed by atoms with van der Waals surface area (Å²) in [5.74, 6) is 1.90. The molecule has 0 bridgehead atoms. The highest BCUT2D eigenvalue weighted by Crippen LogP contribution is 2.25. The van der Waals surface area contributed by atoms with E-state index in [1.807, 2.05) is 22.7 Å². The lowest BCUT2D eigenvalue weighted by Gasteiger charge is -2.17. The van der Waals surface area contributed by atoms with E-state index in [2.05, 4.69) is 29.6 Å². The molecular formula is C16H25ClN2O2S. The molecule has 22 heavy (non-hydrogen) atoms. The summed E-state index contributed by atoms with van der Waals surface area (Å²) >= 11 is 1.89. The first-order chi connectivity index (χ1) is 10.3. The monoisotopic (exact) mass is 344 g/mol. The topological polar surface area (TPSA) is 41.6 Å². The summed E-state index contributed by atoms with van der Waals surface area (Å²) in [6.07, 6.45) is 1.11. The molecule has 1 amide bonds. The Balaban J connectivity index is 0.00000242. The lowest BCUT2D eigenvalue weighted by Crippen LogP contribution is -2.37. The first-order valence-corrected chi connectivity index (χ1v) is 8.43. The zero-order chi connectivity index (χ0) is 14.9. The molecule has 0 radical (unpaired) electrons. The van der Waals surface area contributed by atoms with Gasteiger partial charge in [-0.15, -0.1) is 24.2 Å². The fourth-order valence-electron chi connectivity index (χ4n) is 2.41. The molecule has 1 atom stereocenters. The van der Waals surface area contributed by atoms with E-state index < -0.39 is 0 Å². The van der Waals surface area contributed by atoms with Crippen molar-refractivity contribution in [2.75, 3.05) is 45.6 Å². The van der Waals surface area contributed by atoms with Crippen LogP contribution in [-0.2, 0) is 9.53 Å². The second-order valence-electron chi connectivity index (χ2n) is 5.29. The highest BCUT2D eigenvalue weighted by Gasteiger charge is 2.25. The molecule has 2 rings (SSSR count). The Morgan fingerprint density at radius 2 is 2.18 bits per heavy atom. The second-order valence-corrected chi connectivity index (χ2v) is 6.38. The molecule has 1 N–H and O–H groups in total. The fourth-order valence-corrected chi connectivity index (χ4v) is 3.46. The number of likely N-dealkylation sites (tertiary alicyclic amines) is 1. The van der Waals surface area contributed by atoms with Crippen LogP contribution in [0.3, 0.4) is 0 Å². The van der Waals surface area contributed by atoms with Gasteiger partial charge < -0.3 is 15.0 Å². The van der Waals surface area contributed by atoms with Gasteiger partial charge in [-0.05, 0) is 24.5 Å². The molecule has 1 aromatic rings. The van der Waals surface area contributed by atoms with Gasteiger partial charge in [-0.25, -0.2) is 0 Å². The summed E-state index contributed by atoms with van der Waals surface area (Å²) in [5, 5.41) is 3.11. The predicted octanol–water partition coefficient (Wildman–Crippen LogP) is 2.29. The van der Waals surface area contributed by atoms with Crippen LogP contribution in [0.4, 0.5) is 0 Å². The third kappa shape index (κ3) is 6.57. The number of hydrogen-bond acceptors (Lipinski definition) is 4. The predicted molar refractivity (Wildman–Crippen MR) is 93.8 cm³/mol. The van der Waals surface area contributed by atoms with E-state index in [1.165, 1.54) is 4.90 Å². The standard InChI is InChI=1S/C16H24N2O2S.ClH/c1-20-10-8-17-11-16(19)18-9-7-14(12-18)13-21-15-5-3-2-4-6-15;/h2-6,14,17H,7-13H2,1H3;1H. The fraction of sp³-hybridized carbons (Fsp3) is 0.562. The van der Waals surface area contributed by atoms with Crippen molar-refractivity contribution in [1.82, 2.24) is 10.2 Å². The van der Waals surface area contributed by atoms with Crippen molar-refractivity contribution in [2.24, 2.45) is 5.92 Å². The molecule has 1 heterocycles. The summed E-state index contributed by atoms with van der Waals surface area (Å²) in [6, 6.07) is 10.5. The zero-order valence-corrected chi connectivity index (χ0v) is 14.6. The first kappa shape index (κ1) is 19.3. The summed E-state index contributed by atoms with van der Waals surface area (Å²) in [7, 11) is 1.67. The van der Waals surface area contributed by atoms with Gasteiger partial charge in [0.25, 0.3) is 0 Å². The van der Waals surface area contributed by atoms with Crippen LogP contribution in [0.2, 0.25) is 0 Å². The lowest BCUT2D eigenvalue weighted by molar-refractivity contribution is -0.129. The quantitative estimate of drug-likeness (QED) is 0.580. The molecule has 6 heteroatoms. The number of nitrogens with zero attached hydrogens (tertiary/aromatic N) is 1. The number of hydrogen-bond donors (Lipinski definition) is 1. The van der Waals surface area contributed by atoms with Gasteiger partial charge in [0.15, 0.2) is 0 Å². The largest absolute Gasteiger partial charge is 0.383 e. The Hall–Kier alpha value is -0.750. The third-order valence-corrected chi connectivity index (χ3v) is 4.87. The molecule has 0 spiro atoms. The molecule has 0 saturated carbocycles. The van der Waals surface area contributed by atoms with Gasteiger partial charge in [-0.1, -0.05) is 18.2 Å². The third-order valence-electron chi connectivity index (χ3n) is 3.63. The highest BCUT2D eigenvalue weighted by atomic mass is 35.5. The number of thioether (sulfide) groups is 1. The van der Waals surface area contributed by atoms with Crippen molar-refractivity contribution in [3.63, 3.8) is 0 Å². The molecule has 1 fully saturated rings. The van der Waals surface area contributed by atoms with Gasteiger partial charge in [-0.3, -0.25) is 4.79 Å². The Morgan fingerprint density at radius 3 is 2.91 bits per heavy atom. The van der Waals surface area contributed by atoms with Gasteiger partial charge >= 0.3 is 0 Å². The van der Waals surface area contributed by atoms with Crippen molar-refractivity contribution in [2.45, 2.75) is 11.3 Å². The maximum absolute atomic E-state index is 12.0. The maximum Gasteiger partial charge on any atom is 0.236 e. The Kier molecular flexibility index (Phi) is 9.55. The number of methoxy groups -OCH3 is 1. The minimum Gasteiger partial charge on any atom is -0.383 e. The van der Waals surface area contributed by atoms with E-state index in [0.29, 0.717) is 19.1 Å². The zero-order valence-electron chi connectivity index (χ0n) is 13.0. The minimum atomic E-state index is 0. The lowest BCUT2D eigenvalue weighted by atomic mass is 10.2. The van der Waals surface area contributed by atoms with Crippen LogP contribution in [0, 0.1) is 5.92 Å². The SMILES string of the molecule is COCCNCC(=O)N1CCC(CSc2ccccc2)C1.Cl. The summed E-state index contributed by atoms with van der Waals surface area (Å²) < 4.78 is 4.95. The van der Waals surface area contributed by atoms with E-state index in [-0.39, 0.29) is 18.3 Å². The van der Waals surface area contributed by atoms with E-state index in [1.54, 1.807) is 7.11 Å². The summed E-state index contributed by atoms with van der Waals surface area (Å²) in [6.45, 7) is 3.57. The molecule has 4 nitrogen and oxygen atoms in total. The maximum atomic E-state index is 12.0. The van der Waals surface area contributed by atoms with Crippen molar-refractivity contribution in [3.05, 3.63) is 30.3 Å². The highest BCUT2D eigenvalue weighted by molar-refractivity contribution is 7.99. The van der Waals surface area contributed by atoms with Gasteiger partial charge in [0.05, 0.1) is 13.2 Å². The molecule has 1 aliphatic rings.